The van der Waals surface area contributed by atoms with Gasteiger partial charge in [0, 0.05) is 19.2 Å². The van der Waals surface area contributed by atoms with E-state index in [4.69, 9.17) is 9.26 Å². The van der Waals surface area contributed by atoms with E-state index in [2.05, 4.69) is 20.8 Å². The van der Waals surface area contributed by atoms with Gasteiger partial charge in [-0.3, -0.25) is 9.59 Å². The van der Waals surface area contributed by atoms with E-state index in [0.717, 1.165) is 19.4 Å². The lowest BCUT2D eigenvalue weighted by Gasteiger charge is -2.10. The topological polar surface area (TPSA) is 106 Å². The number of carbonyl (C=O) groups excluding carboxylic acids is 2. The van der Waals surface area contributed by atoms with Gasteiger partial charge in [0.25, 0.3) is 11.8 Å². The highest BCUT2D eigenvalue weighted by Gasteiger charge is 2.18. The second-order valence-corrected chi connectivity index (χ2v) is 5.53. The fraction of sp³-hybridized carbons (Fsp3) is 0.375. The molecule has 126 valence electrons. The number of nitrogens with one attached hydrogen (secondary N) is 2. The van der Waals surface area contributed by atoms with Gasteiger partial charge in [-0.25, -0.2) is 4.98 Å². The first-order valence-electron chi connectivity index (χ1n) is 7.73. The lowest BCUT2D eigenvalue weighted by Crippen LogP contribution is -2.32. The molecule has 0 spiro atoms. The Morgan fingerprint density at radius 2 is 2.08 bits per heavy atom. The van der Waals surface area contributed by atoms with Crippen molar-refractivity contribution in [2.24, 2.45) is 0 Å². The summed E-state index contributed by atoms with van der Waals surface area (Å²) in [5.74, 6) is 0.0857. The van der Waals surface area contributed by atoms with Crippen LogP contribution in [0.5, 0.6) is 0 Å². The monoisotopic (exact) mass is 330 g/mol. The number of pyridine rings is 1. The van der Waals surface area contributed by atoms with E-state index < -0.39 is 5.91 Å². The van der Waals surface area contributed by atoms with E-state index in [-0.39, 0.29) is 23.4 Å². The number of hydrogen-bond acceptors (Lipinski definition) is 6. The summed E-state index contributed by atoms with van der Waals surface area (Å²) in [4.78, 5) is 28.4. The second kappa shape index (κ2) is 7.22. The second-order valence-electron chi connectivity index (χ2n) is 5.53. The summed E-state index contributed by atoms with van der Waals surface area (Å²) in [6.07, 6.45) is 2.00. The van der Waals surface area contributed by atoms with Gasteiger partial charge in [0.1, 0.15) is 17.1 Å². The molecule has 3 heterocycles. The van der Waals surface area contributed by atoms with Gasteiger partial charge >= 0.3 is 0 Å². The van der Waals surface area contributed by atoms with E-state index in [1.54, 1.807) is 25.1 Å². The summed E-state index contributed by atoms with van der Waals surface area (Å²) in [5.41, 5.74) is 0.303. The van der Waals surface area contributed by atoms with Crippen molar-refractivity contribution < 1.29 is 18.8 Å². The highest BCUT2D eigenvalue weighted by Crippen LogP contribution is 2.11. The van der Waals surface area contributed by atoms with Gasteiger partial charge in [-0.05, 0) is 31.9 Å². The molecule has 3 rings (SSSR count). The van der Waals surface area contributed by atoms with Crippen molar-refractivity contribution in [3.05, 3.63) is 41.4 Å². The Balaban J connectivity index is 1.62. The van der Waals surface area contributed by atoms with Gasteiger partial charge in [-0.15, -0.1) is 0 Å². The molecule has 0 aromatic carbocycles. The molecule has 8 heteroatoms. The number of rotatable bonds is 5. The molecule has 0 bridgehead atoms. The predicted molar refractivity (Wildman–Crippen MR) is 84.7 cm³/mol. The first kappa shape index (κ1) is 16.1. The van der Waals surface area contributed by atoms with Crippen molar-refractivity contribution in [1.82, 2.24) is 15.5 Å². The summed E-state index contributed by atoms with van der Waals surface area (Å²) >= 11 is 0. The van der Waals surface area contributed by atoms with Crippen LogP contribution in [0.1, 0.15) is 39.6 Å². The highest BCUT2D eigenvalue weighted by molar-refractivity contribution is 6.03. The zero-order chi connectivity index (χ0) is 16.9. The number of aryl methyl sites for hydroxylation is 1. The largest absolute Gasteiger partial charge is 0.376 e. The fourth-order valence-electron chi connectivity index (χ4n) is 2.40. The summed E-state index contributed by atoms with van der Waals surface area (Å²) in [6, 6.07) is 6.29. The molecule has 1 saturated heterocycles. The number of anilines is 1. The summed E-state index contributed by atoms with van der Waals surface area (Å²) in [6.45, 7) is 2.89. The highest BCUT2D eigenvalue weighted by atomic mass is 16.5. The third-order valence-corrected chi connectivity index (χ3v) is 3.60. The summed E-state index contributed by atoms with van der Waals surface area (Å²) in [5, 5.41) is 9.02. The zero-order valence-electron chi connectivity index (χ0n) is 13.2. The Labute approximate surface area is 138 Å². The first-order valence-corrected chi connectivity index (χ1v) is 7.73. The lowest BCUT2D eigenvalue weighted by molar-refractivity contribution is 0.0853. The minimum Gasteiger partial charge on any atom is -0.376 e. The maximum Gasteiger partial charge on any atom is 0.275 e. The molecule has 0 aliphatic carbocycles. The molecule has 0 saturated carbocycles. The number of nitrogens with zero attached hydrogens (tertiary/aromatic N) is 2. The molecule has 1 aliphatic heterocycles. The standard InChI is InChI=1S/C16H18N4O4/c1-10-8-14(20-24-10)19-16(22)13-6-2-5-12(18-13)15(21)17-9-11-4-3-7-23-11/h2,5-6,8,11H,3-4,7,9H2,1H3,(H,17,21)(H,19,20,22). The van der Waals surface area contributed by atoms with Crippen LogP contribution in [0.15, 0.2) is 28.8 Å². The number of amides is 2. The maximum atomic E-state index is 12.2. The Hall–Kier alpha value is -2.74. The van der Waals surface area contributed by atoms with Crippen LogP contribution in [0.25, 0.3) is 0 Å². The summed E-state index contributed by atoms with van der Waals surface area (Å²) in [7, 11) is 0. The van der Waals surface area contributed by atoms with Crippen molar-refractivity contribution in [2.45, 2.75) is 25.9 Å². The van der Waals surface area contributed by atoms with E-state index >= 15 is 0 Å². The van der Waals surface area contributed by atoms with Gasteiger partial charge in [0.05, 0.1) is 6.10 Å². The smallest absolute Gasteiger partial charge is 0.275 e. The molecule has 1 aliphatic rings. The van der Waals surface area contributed by atoms with Crippen molar-refractivity contribution in [3.63, 3.8) is 0 Å². The van der Waals surface area contributed by atoms with Crippen molar-refractivity contribution in [2.75, 3.05) is 18.5 Å². The van der Waals surface area contributed by atoms with Crippen molar-refractivity contribution in [3.8, 4) is 0 Å². The molecule has 0 radical (unpaired) electrons. The van der Waals surface area contributed by atoms with Crippen LogP contribution < -0.4 is 10.6 Å². The van der Waals surface area contributed by atoms with Crippen LogP contribution in [-0.4, -0.2) is 41.2 Å². The van der Waals surface area contributed by atoms with Crippen molar-refractivity contribution >= 4 is 17.6 Å². The molecule has 1 fully saturated rings. The molecular weight excluding hydrogens is 312 g/mol. The van der Waals surface area contributed by atoms with E-state index in [0.29, 0.717) is 18.1 Å². The van der Waals surface area contributed by atoms with Crippen LogP contribution in [0.4, 0.5) is 5.82 Å². The normalized spacial score (nSPS) is 16.8. The lowest BCUT2D eigenvalue weighted by atomic mass is 10.2. The fourth-order valence-corrected chi connectivity index (χ4v) is 2.40. The molecule has 24 heavy (non-hydrogen) atoms. The maximum absolute atomic E-state index is 12.2. The third kappa shape index (κ3) is 3.96. The molecule has 8 nitrogen and oxygen atoms in total. The van der Waals surface area contributed by atoms with Gasteiger partial charge < -0.3 is 19.9 Å². The Morgan fingerprint density at radius 1 is 1.29 bits per heavy atom. The molecule has 2 amide bonds. The number of hydrogen-bond donors (Lipinski definition) is 2. The van der Waals surface area contributed by atoms with Gasteiger partial charge in [-0.1, -0.05) is 11.2 Å². The molecule has 1 unspecified atom stereocenters. The Kier molecular flexibility index (Phi) is 4.85. The summed E-state index contributed by atoms with van der Waals surface area (Å²) < 4.78 is 10.3. The van der Waals surface area contributed by atoms with Crippen LogP contribution in [-0.2, 0) is 4.74 Å². The van der Waals surface area contributed by atoms with Crippen LogP contribution in [0.2, 0.25) is 0 Å². The quantitative estimate of drug-likeness (QED) is 0.861. The SMILES string of the molecule is Cc1cc(NC(=O)c2cccc(C(=O)NCC3CCCO3)n2)no1. The minimum atomic E-state index is -0.461. The molecule has 2 N–H and O–H groups in total. The van der Waals surface area contributed by atoms with Crippen molar-refractivity contribution in [1.29, 1.82) is 0 Å². The molecule has 1 atom stereocenters. The predicted octanol–water partition coefficient (Wildman–Crippen LogP) is 1.54. The number of ether oxygens (including phenoxy) is 1. The minimum absolute atomic E-state index is 0.0517. The molecule has 2 aromatic rings. The van der Waals surface area contributed by atoms with Gasteiger partial charge in [0.2, 0.25) is 0 Å². The van der Waals surface area contributed by atoms with Crippen LogP contribution in [0, 0.1) is 6.92 Å². The Morgan fingerprint density at radius 3 is 2.75 bits per heavy atom. The molecule has 2 aromatic heterocycles. The van der Waals surface area contributed by atoms with Gasteiger partial charge in [0.15, 0.2) is 5.82 Å². The molecular formula is C16H18N4O4. The van der Waals surface area contributed by atoms with E-state index in [9.17, 15) is 9.59 Å². The Bertz CT molecular complexity index is 737. The average molecular weight is 330 g/mol. The number of carbonyl (C=O) groups is 2. The average Bonchev–Trinajstić information content (AvgIpc) is 3.24. The van der Waals surface area contributed by atoms with Crippen LogP contribution >= 0.6 is 0 Å². The zero-order valence-corrected chi connectivity index (χ0v) is 13.2. The van der Waals surface area contributed by atoms with E-state index in [1.165, 1.54) is 6.07 Å². The van der Waals surface area contributed by atoms with Crippen LogP contribution in [0.3, 0.4) is 0 Å². The third-order valence-electron chi connectivity index (χ3n) is 3.60. The van der Waals surface area contributed by atoms with Gasteiger partial charge in [-0.2, -0.15) is 0 Å². The number of aromatic nitrogens is 2. The van der Waals surface area contributed by atoms with E-state index in [1.807, 2.05) is 0 Å². The first-order chi connectivity index (χ1) is 11.6.